The van der Waals surface area contributed by atoms with E-state index in [1.54, 1.807) is 12.1 Å². The van der Waals surface area contributed by atoms with Gasteiger partial charge in [-0.15, -0.1) is 0 Å². The Morgan fingerprint density at radius 3 is 1.10 bits per heavy atom. The summed E-state index contributed by atoms with van der Waals surface area (Å²) < 4.78 is 24.0. The molecule has 0 aromatic heterocycles. The number of sulfone groups is 1. The van der Waals surface area contributed by atoms with Gasteiger partial charge in [-0.25, -0.2) is 8.42 Å². The van der Waals surface area contributed by atoms with Gasteiger partial charge in [0.1, 0.15) is 28.5 Å². The molecule has 0 unspecified atom stereocenters. The van der Waals surface area contributed by atoms with Crippen molar-refractivity contribution in [2.45, 2.75) is 4.90 Å². The van der Waals surface area contributed by atoms with E-state index in [-0.39, 0.29) is 0 Å². The summed E-state index contributed by atoms with van der Waals surface area (Å²) in [4.78, 5) is 0.341. The normalized spacial score (nSPS) is 11.9. The van der Waals surface area contributed by atoms with Crippen molar-refractivity contribution in [3.8, 4) is 0 Å². The van der Waals surface area contributed by atoms with Gasteiger partial charge in [-0.3, -0.25) is 0 Å². The molecule has 0 heterocycles. The van der Waals surface area contributed by atoms with Crippen LogP contribution in [0.2, 0.25) is 0 Å². The number of hydrogen-bond donors (Lipinski definition) is 0. The molecular weight excluding hydrogens is 395 g/mol. The van der Waals surface area contributed by atoms with Crippen LogP contribution >= 0.6 is 7.26 Å². The lowest BCUT2D eigenvalue weighted by Crippen LogP contribution is -2.38. The minimum absolute atomic E-state index is 0.341. The molecule has 0 atom stereocenters. The van der Waals surface area contributed by atoms with Crippen LogP contribution in [0.15, 0.2) is 120 Å². The van der Waals surface area contributed by atoms with Crippen LogP contribution in [0.3, 0.4) is 0 Å². The lowest BCUT2D eigenvalue weighted by molar-refractivity contribution is 0.602. The Hall–Kier alpha value is -2.74. The Morgan fingerprint density at radius 1 is 0.483 bits per heavy atom. The van der Waals surface area contributed by atoms with Gasteiger partial charge in [0.05, 0.1) is 4.90 Å². The average molecular weight is 417 g/mol. The Morgan fingerprint density at radius 2 is 0.793 bits per heavy atom. The Bertz CT molecular complexity index is 1090. The summed E-state index contributed by atoms with van der Waals surface area (Å²) in [6, 6.07) is 39.0. The van der Waals surface area contributed by atoms with Crippen LogP contribution in [0.25, 0.3) is 0 Å². The van der Waals surface area contributed by atoms with Crippen molar-refractivity contribution in [3.63, 3.8) is 0 Å². The number of hydrogen-bond acceptors (Lipinski definition) is 2. The van der Waals surface area contributed by atoms with Crippen LogP contribution in [0.5, 0.6) is 0 Å². The van der Waals surface area contributed by atoms with Crippen molar-refractivity contribution in [1.82, 2.24) is 0 Å². The molecule has 4 rings (SSSR count). The fourth-order valence-electron chi connectivity index (χ4n) is 3.77. The van der Waals surface area contributed by atoms with Gasteiger partial charge in [-0.2, -0.15) is 0 Å². The molecule has 0 saturated heterocycles. The van der Waals surface area contributed by atoms with E-state index in [1.807, 2.05) is 30.3 Å². The van der Waals surface area contributed by atoms with Crippen LogP contribution in [0.4, 0.5) is 0 Å². The van der Waals surface area contributed by atoms with Crippen molar-refractivity contribution >= 4 is 38.3 Å². The first-order valence-corrected chi connectivity index (χ1v) is 13.1. The lowest BCUT2D eigenvalue weighted by Gasteiger charge is -2.27. The molecule has 4 aromatic rings. The minimum Gasteiger partial charge on any atom is -0.224 e. The molecular formula is C25H22O2PS+. The van der Waals surface area contributed by atoms with Crippen molar-refractivity contribution in [2.75, 3.05) is 6.26 Å². The highest BCUT2D eigenvalue weighted by Gasteiger charge is 2.47. The molecule has 144 valence electrons. The van der Waals surface area contributed by atoms with Gasteiger partial charge in [0.25, 0.3) is 0 Å². The monoisotopic (exact) mass is 417 g/mol. The quantitative estimate of drug-likeness (QED) is 0.464. The van der Waals surface area contributed by atoms with Crippen molar-refractivity contribution in [3.05, 3.63) is 115 Å². The molecule has 0 saturated carbocycles. The van der Waals surface area contributed by atoms with Gasteiger partial charge in [0.2, 0.25) is 0 Å². The van der Waals surface area contributed by atoms with E-state index in [1.165, 1.54) is 22.2 Å². The van der Waals surface area contributed by atoms with E-state index in [4.69, 9.17) is 0 Å². The zero-order valence-corrected chi connectivity index (χ0v) is 17.9. The summed E-state index contributed by atoms with van der Waals surface area (Å²) in [5.41, 5.74) is 0. The van der Waals surface area contributed by atoms with Crippen LogP contribution < -0.4 is 21.2 Å². The molecule has 0 fully saturated rings. The summed E-state index contributed by atoms with van der Waals surface area (Å²) in [5, 5.41) is 4.85. The average Bonchev–Trinajstić information content (AvgIpc) is 2.76. The van der Waals surface area contributed by atoms with Crippen molar-refractivity contribution in [2.24, 2.45) is 0 Å². The third-order valence-electron chi connectivity index (χ3n) is 5.08. The van der Waals surface area contributed by atoms with Gasteiger partial charge in [-0.1, -0.05) is 54.6 Å². The highest BCUT2D eigenvalue weighted by atomic mass is 32.2. The van der Waals surface area contributed by atoms with E-state index >= 15 is 0 Å². The van der Waals surface area contributed by atoms with Crippen molar-refractivity contribution < 1.29 is 8.42 Å². The van der Waals surface area contributed by atoms with E-state index in [2.05, 4.69) is 72.8 Å². The SMILES string of the molecule is CS(=O)(=O)c1ccc([P+](c2ccccc2)(c2ccccc2)c2ccccc2)cc1. The first kappa shape index (κ1) is 19.6. The molecule has 4 heteroatoms. The van der Waals surface area contributed by atoms with Gasteiger partial charge in [0.15, 0.2) is 9.84 Å². The van der Waals surface area contributed by atoms with Gasteiger partial charge in [0, 0.05) is 6.26 Å². The van der Waals surface area contributed by atoms with Gasteiger partial charge < -0.3 is 0 Å². The maximum atomic E-state index is 12.0. The fourth-order valence-corrected chi connectivity index (χ4v) is 8.64. The Labute approximate surface area is 173 Å². The van der Waals surface area contributed by atoms with E-state index < -0.39 is 17.1 Å². The molecule has 2 nitrogen and oxygen atoms in total. The van der Waals surface area contributed by atoms with Crippen LogP contribution in [0.1, 0.15) is 0 Å². The second kappa shape index (κ2) is 7.94. The molecule has 4 aromatic carbocycles. The van der Waals surface area contributed by atoms with Crippen LogP contribution in [0, 0.1) is 0 Å². The first-order valence-electron chi connectivity index (χ1n) is 9.39. The summed E-state index contributed by atoms with van der Waals surface area (Å²) in [5.74, 6) is 0. The standard InChI is InChI=1S/C25H22O2PS/c1-29(26,27)25-19-17-24(18-20-25)28(21-11-5-2-6-12-21,22-13-7-3-8-14-22)23-15-9-4-10-16-23/h2-20H,1H3/q+1. The molecule has 0 aliphatic heterocycles. The van der Waals surface area contributed by atoms with E-state index in [9.17, 15) is 8.42 Å². The van der Waals surface area contributed by atoms with Crippen LogP contribution in [-0.4, -0.2) is 14.7 Å². The predicted octanol–water partition coefficient (Wildman–Crippen LogP) is 3.71. The summed E-state index contributed by atoms with van der Waals surface area (Å²) >= 11 is 0. The summed E-state index contributed by atoms with van der Waals surface area (Å²) in [6.07, 6.45) is 1.25. The predicted molar refractivity (Wildman–Crippen MR) is 124 cm³/mol. The first-order chi connectivity index (χ1) is 14.0. The largest absolute Gasteiger partial charge is 0.224 e. The highest BCUT2D eigenvalue weighted by Crippen LogP contribution is 2.54. The molecule has 0 N–H and O–H groups in total. The molecule has 0 aliphatic rings. The molecule has 0 radical (unpaired) electrons. The maximum absolute atomic E-state index is 12.0. The number of benzene rings is 4. The second-order valence-corrected chi connectivity index (χ2v) is 12.4. The second-order valence-electron chi connectivity index (χ2n) is 6.94. The Kier molecular flexibility index (Phi) is 5.36. The third kappa shape index (κ3) is 3.64. The van der Waals surface area contributed by atoms with Crippen LogP contribution in [-0.2, 0) is 9.84 Å². The lowest BCUT2D eigenvalue weighted by atomic mass is 10.3. The van der Waals surface area contributed by atoms with Gasteiger partial charge in [-0.05, 0) is 60.7 Å². The number of rotatable bonds is 5. The zero-order valence-electron chi connectivity index (χ0n) is 16.1. The molecule has 0 spiro atoms. The molecule has 0 bridgehead atoms. The summed E-state index contributed by atoms with van der Waals surface area (Å²) in [7, 11) is -5.42. The third-order valence-corrected chi connectivity index (χ3v) is 10.5. The molecule has 0 aliphatic carbocycles. The minimum atomic E-state index is -3.25. The fraction of sp³-hybridized carbons (Fsp3) is 0.0400. The molecule has 0 amide bonds. The zero-order chi connectivity index (χ0) is 20.3. The highest BCUT2D eigenvalue weighted by molar-refractivity contribution is 8.01. The van der Waals surface area contributed by atoms with Gasteiger partial charge >= 0.3 is 0 Å². The topological polar surface area (TPSA) is 34.1 Å². The Balaban J connectivity index is 2.08. The summed E-state index contributed by atoms with van der Waals surface area (Å²) in [6.45, 7) is 0. The van der Waals surface area contributed by atoms with E-state index in [0.29, 0.717) is 4.90 Å². The van der Waals surface area contributed by atoms with Crippen molar-refractivity contribution in [1.29, 1.82) is 0 Å². The smallest absolute Gasteiger partial charge is 0.175 e. The maximum Gasteiger partial charge on any atom is 0.175 e. The molecule has 29 heavy (non-hydrogen) atoms. The van der Waals surface area contributed by atoms with E-state index in [0.717, 1.165) is 5.30 Å².